The number of phenols is 1. The van der Waals surface area contributed by atoms with E-state index in [0.29, 0.717) is 23.0 Å². The van der Waals surface area contributed by atoms with E-state index in [0.717, 1.165) is 11.1 Å². The fraction of sp³-hybridized carbons (Fsp3) is 0.227. The van der Waals surface area contributed by atoms with Crippen molar-refractivity contribution >= 4 is 23.5 Å². The Balaban J connectivity index is 1.57. The SMILES string of the molecule is COC(=O)C(CNC(=O)Cc1coc(-c2ccc(Cl)cc2)n1)Cc1ccc(O)cc1. The van der Waals surface area contributed by atoms with Gasteiger partial charge in [0, 0.05) is 17.1 Å². The third-order valence-electron chi connectivity index (χ3n) is 4.48. The zero-order chi connectivity index (χ0) is 21.5. The van der Waals surface area contributed by atoms with Crippen LogP contribution in [0.1, 0.15) is 11.3 Å². The number of hydrogen-bond donors (Lipinski definition) is 2. The van der Waals surface area contributed by atoms with E-state index >= 15 is 0 Å². The number of carbonyl (C=O) groups is 2. The summed E-state index contributed by atoms with van der Waals surface area (Å²) in [4.78, 5) is 28.7. The summed E-state index contributed by atoms with van der Waals surface area (Å²) in [5.41, 5.74) is 2.08. The van der Waals surface area contributed by atoms with Gasteiger partial charge in [-0.05, 0) is 48.4 Å². The van der Waals surface area contributed by atoms with E-state index in [1.807, 2.05) is 0 Å². The summed E-state index contributed by atoms with van der Waals surface area (Å²) in [7, 11) is 1.31. The first-order valence-electron chi connectivity index (χ1n) is 9.27. The minimum Gasteiger partial charge on any atom is -0.508 e. The van der Waals surface area contributed by atoms with Gasteiger partial charge >= 0.3 is 5.97 Å². The Morgan fingerprint density at radius 2 is 1.87 bits per heavy atom. The highest BCUT2D eigenvalue weighted by Crippen LogP contribution is 2.21. The topological polar surface area (TPSA) is 102 Å². The molecule has 0 saturated carbocycles. The third-order valence-corrected chi connectivity index (χ3v) is 4.74. The number of ether oxygens (including phenoxy) is 1. The second-order valence-corrected chi connectivity index (χ2v) is 7.16. The number of aromatic hydroxyl groups is 1. The number of rotatable bonds is 8. The van der Waals surface area contributed by atoms with Crippen LogP contribution in [-0.2, 0) is 27.2 Å². The summed E-state index contributed by atoms with van der Waals surface area (Å²) in [6.07, 6.45) is 1.82. The molecule has 0 bridgehead atoms. The molecule has 0 aliphatic rings. The Morgan fingerprint density at radius 3 is 2.53 bits per heavy atom. The molecule has 0 fully saturated rings. The van der Waals surface area contributed by atoms with Crippen molar-refractivity contribution in [3.8, 4) is 17.2 Å². The largest absolute Gasteiger partial charge is 0.508 e. The summed E-state index contributed by atoms with van der Waals surface area (Å²) >= 11 is 5.88. The quantitative estimate of drug-likeness (QED) is 0.533. The van der Waals surface area contributed by atoms with Crippen molar-refractivity contribution in [1.82, 2.24) is 10.3 Å². The van der Waals surface area contributed by atoms with Gasteiger partial charge in [0.25, 0.3) is 0 Å². The van der Waals surface area contributed by atoms with Crippen LogP contribution < -0.4 is 5.32 Å². The molecule has 0 aliphatic heterocycles. The molecular formula is C22H21ClN2O5. The zero-order valence-corrected chi connectivity index (χ0v) is 17.1. The fourth-order valence-electron chi connectivity index (χ4n) is 2.90. The number of nitrogens with one attached hydrogen (secondary N) is 1. The highest BCUT2D eigenvalue weighted by molar-refractivity contribution is 6.30. The van der Waals surface area contributed by atoms with E-state index in [9.17, 15) is 14.7 Å². The Hall–Kier alpha value is -3.32. The highest BCUT2D eigenvalue weighted by Gasteiger charge is 2.21. The van der Waals surface area contributed by atoms with E-state index in [4.69, 9.17) is 20.8 Å². The molecule has 8 heteroatoms. The Morgan fingerprint density at radius 1 is 1.17 bits per heavy atom. The van der Waals surface area contributed by atoms with Gasteiger partial charge in [-0.3, -0.25) is 9.59 Å². The van der Waals surface area contributed by atoms with Crippen molar-refractivity contribution in [2.24, 2.45) is 5.92 Å². The molecule has 1 atom stereocenters. The zero-order valence-electron chi connectivity index (χ0n) is 16.3. The van der Waals surface area contributed by atoms with Crippen molar-refractivity contribution in [3.63, 3.8) is 0 Å². The van der Waals surface area contributed by atoms with Gasteiger partial charge < -0.3 is 19.6 Å². The number of aromatic nitrogens is 1. The van der Waals surface area contributed by atoms with Crippen LogP contribution in [0.5, 0.6) is 5.75 Å². The molecule has 2 aromatic carbocycles. The average molecular weight is 429 g/mol. The Bertz CT molecular complexity index is 999. The monoisotopic (exact) mass is 428 g/mol. The van der Waals surface area contributed by atoms with Crippen LogP contribution in [0.25, 0.3) is 11.5 Å². The number of esters is 1. The smallest absolute Gasteiger partial charge is 0.310 e. The molecule has 7 nitrogen and oxygen atoms in total. The number of hydrogen-bond acceptors (Lipinski definition) is 6. The second kappa shape index (κ2) is 9.93. The van der Waals surface area contributed by atoms with Gasteiger partial charge in [-0.1, -0.05) is 23.7 Å². The number of nitrogens with zero attached hydrogens (tertiary/aromatic N) is 1. The van der Waals surface area contributed by atoms with Crippen molar-refractivity contribution < 1.29 is 23.8 Å². The summed E-state index contributed by atoms with van der Waals surface area (Å²) in [6.45, 7) is 0.119. The number of halogens is 1. The molecular weight excluding hydrogens is 408 g/mol. The van der Waals surface area contributed by atoms with E-state index in [-0.39, 0.29) is 24.6 Å². The van der Waals surface area contributed by atoms with Crippen LogP contribution in [0, 0.1) is 5.92 Å². The molecule has 0 saturated heterocycles. The molecule has 0 radical (unpaired) electrons. The van der Waals surface area contributed by atoms with Gasteiger partial charge in [-0.25, -0.2) is 4.98 Å². The van der Waals surface area contributed by atoms with Gasteiger partial charge in [-0.2, -0.15) is 0 Å². The van der Waals surface area contributed by atoms with Crippen molar-refractivity contribution in [2.45, 2.75) is 12.8 Å². The molecule has 3 aromatic rings. The molecule has 3 rings (SSSR count). The normalized spacial score (nSPS) is 11.7. The molecule has 0 aliphatic carbocycles. The predicted molar refractivity (Wildman–Crippen MR) is 111 cm³/mol. The summed E-state index contributed by atoms with van der Waals surface area (Å²) in [5, 5.41) is 12.7. The Labute approximate surface area is 178 Å². The van der Waals surface area contributed by atoms with Gasteiger partial charge in [0.2, 0.25) is 11.8 Å². The fourth-order valence-corrected chi connectivity index (χ4v) is 3.03. The predicted octanol–water partition coefficient (Wildman–Crippen LogP) is 3.39. The van der Waals surface area contributed by atoms with Gasteiger partial charge in [0.05, 0.1) is 25.1 Å². The molecule has 2 N–H and O–H groups in total. The van der Waals surface area contributed by atoms with Crippen LogP contribution in [0.3, 0.4) is 0 Å². The van der Waals surface area contributed by atoms with Crippen LogP contribution in [0.4, 0.5) is 0 Å². The van der Waals surface area contributed by atoms with Crippen LogP contribution in [0.15, 0.2) is 59.2 Å². The van der Waals surface area contributed by atoms with Gasteiger partial charge in [-0.15, -0.1) is 0 Å². The number of carbonyl (C=O) groups excluding carboxylic acids is 2. The average Bonchev–Trinajstić information content (AvgIpc) is 3.20. The van der Waals surface area contributed by atoms with Crippen molar-refractivity contribution in [1.29, 1.82) is 0 Å². The molecule has 30 heavy (non-hydrogen) atoms. The molecule has 156 valence electrons. The van der Waals surface area contributed by atoms with Crippen LogP contribution >= 0.6 is 11.6 Å². The maximum atomic E-state index is 12.3. The number of oxazole rings is 1. The minimum absolute atomic E-state index is 0.0180. The molecule has 1 heterocycles. The van der Waals surface area contributed by atoms with E-state index in [1.165, 1.54) is 13.4 Å². The number of methoxy groups -OCH3 is 1. The molecule has 1 aromatic heterocycles. The van der Waals surface area contributed by atoms with Gasteiger partial charge in [0.15, 0.2) is 0 Å². The van der Waals surface area contributed by atoms with E-state index in [2.05, 4.69) is 10.3 Å². The van der Waals surface area contributed by atoms with Crippen molar-refractivity contribution in [2.75, 3.05) is 13.7 Å². The second-order valence-electron chi connectivity index (χ2n) is 6.72. The van der Waals surface area contributed by atoms with Crippen LogP contribution in [0.2, 0.25) is 5.02 Å². The number of benzene rings is 2. The third kappa shape index (κ3) is 5.84. The minimum atomic E-state index is -0.551. The van der Waals surface area contributed by atoms with Crippen molar-refractivity contribution in [3.05, 3.63) is 71.1 Å². The molecule has 1 amide bonds. The van der Waals surface area contributed by atoms with E-state index < -0.39 is 11.9 Å². The first-order chi connectivity index (χ1) is 14.4. The highest BCUT2D eigenvalue weighted by atomic mass is 35.5. The standard InChI is InChI=1S/C22H21ClN2O5/c1-29-22(28)16(10-14-2-8-19(26)9-3-14)12-24-20(27)11-18-13-30-21(25-18)15-4-6-17(23)7-5-15/h2-9,13,16,26H,10-12H2,1H3,(H,24,27). The summed E-state index contributed by atoms with van der Waals surface area (Å²) in [6, 6.07) is 13.6. The molecule has 1 unspecified atom stereocenters. The first kappa shape index (κ1) is 21.4. The Kier molecular flexibility index (Phi) is 7.08. The maximum absolute atomic E-state index is 12.3. The lowest BCUT2D eigenvalue weighted by atomic mass is 9.99. The maximum Gasteiger partial charge on any atom is 0.310 e. The number of phenolic OH excluding ortho intramolecular Hbond substituents is 1. The first-order valence-corrected chi connectivity index (χ1v) is 9.65. The van der Waals surface area contributed by atoms with E-state index in [1.54, 1.807) is 48.5 Å². The van der Waals surface area contributed by atoms with Crippen LogP contribution in [-0.4, -0.2) is 35.6 Å². The summed E-state index contributed by atoms with van der Waals surface area (Å²) < 4.78 is 10.3. The lowest BCUT2D eigenvalue weighted by molar-refractivity contribution is -0.145. The summed E-state index contributed by atoms with van der Waals surface area (Å²) in [5.74, 6) is -0.715. The van der Waals surface area contributed by atoms with Gasteiger partial charge in [0.1, 0.15) is 12.0 Å². The molecule has 0 spiro atoms. The number of amides is 1. The lowest BCUT2D eigenvalue weighted by Crippen LogP contribution is -2.35. The lowest BCUT2D eigenvalue weighted by Gasteiger charge is -2.15.